The third kappa shape index (κ3) is 9.23. The van der Waals surface area contributed by atoms with Gasteiger partial charge in [0, 0.05) is 13.0 Å². The van der Waals surface area contributed by atoms with Gasteiger partial charge in [0.25, 0.3) is 0 Å². The van der Waals surface area contributed by atoms with E-state index in [1.165, 1.54) is 13.8 Å². The van der Waals surface area contributed by atoms with Crippen LogP contribution in [0.15, 0.2) is 0 Å². The van der Waals surface area contributed by atoms with Gasteiger partial charge in [-0.2, -0.15) is 0 Å². The first-order valence-electron chi connectivity index (χ1n) is 11.7. The van der Waals surface area contributed by atoms with Gasteiger partial charge >= 0.3 is 5.97 Å². The zero-order valence-corrected chi connectivity index (χ0v) is 20.6. The number of hydrogen-bond acceptors (Lipinski definition) is 10. The number of aliphatic hydroxyl groups is 3. The molecule has 1 aliphatic rings. The third-order valence-electron chi connectivity index (χ3n) is 5.78. The molecule has 11 N–H and O–H groups in total. The Morgan fingerprint density at radius 3 is 2.05 bits per heavy atom. The molecule has 1 heterocycles. The highest BCUT2D eigenvalue weighted by Crippen LogP contribution is 2.19. The summed E-state index contributed by atoms with van der Waals surface area (Å²) in [5.74, 6) is -5.74. The minimum absolute atomic E-state index is 0.0704. The van der Waals surface area contributed by atoms with Crippen LogP contribution in [0.5, 0.6) is 0 Å². The van der Waals surface area contributed by atoms with Crippen molar-refractivity contribution in [3.63, 3.8) is 0 Å². The lowest BCUT2D eigenvalue weighted by Crippen LogP contribution is -2.61. The van der Waals surface area contributed by atoms with E-state index in [4.69, 9.17) is 16.6 Å². The van der Waals surface area contributed by atoms with E-state index in [2.05, 4.69) is 16.0 Å². The maximum absolute atomic E-state index is 13.0. The van der Waals surface area contributed by atoms with Gasteiger partial charge in [-0.1, -0.05) is 0 Å². The van der Waals surface area contributed by atoms with E-state index in [9.17, 15) is 44.1 Å². The van der Waals surface area contributed by atoms with Crippen molar-refractivity contribution in [1.29, 1.82) is 0 Å². The highest BCUT2D eigenvalue weighted by atomic mass is 16.4. The van der Waals surface area contributed by atoms with Crippen molar-refractivity contribution in [2.75, 3.05) is 13.2 Å². The molecule has 5 amide bonds. The number of aliphatic carboxylic acids is 1. The highest BCUT2D eigenvalue weighted by Gasteiger charge is 2.40. The van der Waals surface area contributed by atoms with Crippen molar-refractivity contribution in [3.8, 4) is 0 Å². The molecule has 1 saturated heterocycles. The fraction of sp³-hybridized carbons (Fsp3) is 0.714. The summed E-state index contributed by atoms with van der Waals surface area (Å²) in [5.41, 5.74) is 10.7. The van der Waals surface area contributed by atoms with E-state index in [0.717, 1.165) is 4.90 Å². The lowest BCUT2D eigenvalue weighted by atomic mass is 10.1. The van der Waals surface area contributed by atoms with Crippen LogP contribution in [0.2, 0.25) is 0 Å². The van der Waals surface area contributed by atoms with Gasteiger partial charge in [0.2, 0.25) is 29.5 Å². The number of aliphatic hydroxyl groups excluding tert-OH is 3. The molecule has 0 radical (unpaired) electrons. The van der Waals surface area contributed by atoms with Gasteiger partial charge in [-0.3, -0.25) is 24.0 Å². The van der Waals surface area contributed by atoms with Crippen LogP contribution in [0.4, 0.5) is 0 Å². The Balaban J connectivity index is 2.91. The van der Waals surface area contributed by atoms with Crippen LogP contribution in [-0.2, 0) is 28.8 Å². The summed E-state index contributed by atoms with van der Waals surface area (Å²) >= 11 is 0. The molecule has 0 spiro atoms. The van der Waals surface area contributed by atoms with Crippen LogP contribution >= 0.6 is 0 Å². The molecule has 16 nitrogen and oxygen atoms in total. The second-order valence-corrected chi connectivity index (χ2v) is 8.84. The minimum Gasteiger partial charge on any atom is -0.480 e. The van der Waals surface area contributed by atoms with Crippen LogP contribution in [0, 0.1) is 0 Å². The molecule has 0 aliphatic carbocycles. The van der Waals surface area contributed by atoms with E-state index in [0.29, 0.717) is 6.42 Å². The summed E-state index contributed by atoms with van der Waals surface area (Å²) in [6.45, 7) is 1.55. The van der Waals surface area contributed by atoms with Gasteiger partial charge in [-0.05, 0) is 33.1 Å². The Hall–Kier alpha value is -3.34. The molecule has 1 fully saturated rings. The standard InChI is InChI=1S/C21H36N6O10/c1-9(29)15(25-17(32)11(22)5-6-14(23)31)19(34)24-12(8-28)20(35)27-7-3-4-13(27)18(33)26-16(10(2)30)21(36)37/h9-13,15-16,28-30H,3-8,22H2,1-2H3,(H2,23,31)(H,24,34)(H,25,32)(H,26,33)(H,36,37)/t9-,10-,11+,12+,13+,15+,16+/m1/s1. The largest absolute Gasteiger partial charge is 0.480 e. The number of carbonyl (C=O) groups excluding carboxylic acids is 5. The fourth-order valence-corrected chi connectivity index (χ4v) is 3.68. The number of carbonyl (C=O) groups is 6. The molecule has 0 bridgehead atoms. The number of amides is 5. The predicted molar refractivity (Wildman–Crippen MR) is 125 cm³/mol. The first kappa shape index (κ1) is 31.7. The smallest absolute Gasteiger partial charge is 0.328 e. The summed E-state index contributed by atoms with van der Waals surface area (Å²) < 4.78 is 0. The summed E-state index contributed by atoms with van der Waals surface area (Å²) in [4.78, 5) is 73.9. The Bertz CT molecular complexity index is 867. The van der Waals surface area contributed by atoms with Crippen LogP contribution in [0.1, 0.15) is 39.5 Å². The maximum Gasteiger partial charge on any atom is 0.328 e. The SMILES string of the molecule is C[C@@H](O)[C@H](NC(=O)[C@@H]1CCCN1C(=O)[C@H](CO)NC(=O)[C@@H](NC(=O)[C@@H](N)CCC(N)=O)[C@@H](C)O)C(=O)O. The highest BCUT2D eigenvalue weighted by molar-refractivity contribution is 5.96. The molecular formula is C21H36N6O10. The van der Waals surface area contributed by atoms with Crippen molar-refractivity contribution in [1.82, 2.24) is 20.9 Å². The quantitative estimate of drug-likeness (QED) is 0.102. The van der Waals surface area contributed by atoms with E-state index in [1.54, 1.807) is 0 Å². The van der Waals surface area contributed by atoms with Gasteiger partial charge in [-0.25, -0.2) is 4.79 Å². The average molecular weight is 533 g/mol. The number of rotatable bonds is 14. The van der Waals surface area contributed by atoms with Gasteiger partial charge in [0.1, 0.15) is 18.1 Å². The van der Waals surface area contributed by atoms with Crippen molar-refractivity contribution in [2.45, 2.75) is 81.9 Å². The number of likely N-dealkylation sites (tertiary alicyclic amines) is 1. The molecule has 1 aliphatic heterocycles. The monoisotopic (exact) mass is 532 g/mol. The molecule has 37 heavy (non-hydrogen) atoms. The number of hydrogen-bond donors (Lipinski definition) is 9. The number of carboxylic acids is 1. The van der Waals surface area contributed by atoms with Gasteiger partial charge in [0.15, 0.2) is 6.04 Å². The average Bonchev–Trinajstić information content (AvgIpc) is 3.31. The number of nitrogens with two attached hydrogens (primary N) is 2. The van der Waals surface area contributed by atoms with Crippen molar-refractivity contribution in [2.24, 2.45) is 11.5 Å². The van der Waals surface area contributed by atoms with E-state index in [1.807, 2.05) is 0 Å². The van der Waals surface area contributed by atoms with Gasteiger partial charge < -0.3 is 52.7 Å². The lowest BCUT2D eigenvalue weighted by molar-refractivity contribution is -0.147. The molecule has 0 unspecified atom stereocenters. The first-order valence-corrected chi connectivity index (χ1v) is 11.7. The Morgan fingerprint density at radius 1 is 0.973 bits per heavy atom. The van der Waals surface area contributed by atoms with Crippen molar-refractivity contribution >= 4 is 35.5 Å². The molecule has 0 saturated carbocycles. The normalized spacial score (nSPS) is 20.1. The van der Waals surface area contributed by atoms with Gasteiger partial charge in [-0.15, -0.1) is 0 Å². The molecule has 210 valence electrons. The molecular weight excluding hydrogens is 496 g/mol. The van der Waals surface area contributed by atoms with E-state index < -0.39 is 84.5 Å². The topological polar surface area (TPSA) is 275 Å². The number of nitrogens with one attached hydrogen (secondary N) is 3. The zero-order chi connectivity index (χ0) is 28.4. The summed E-state index contributed by atoms with van der Waals surface area (Å²) in [6.07, 6.45) is -2.60. The molecule has 7 atom stereocenters. The van der Waals surface area contributed by atoms with Crippen molar-refractivity contribution in [3.05, 3.63) is 0 Å². The molecule has 0 aromatic carbocycles. The zero-order valence-electron chi connectivity index (χ0n) is 20.6. The van der Waals surface area contributed by atoms with Crippen molar-refractivity contribution < 1.29 is 49.2 Å². The Morgan fingerprint density at radius 2 is 1.57 bits per heavy atom. The summed E-state index contributed by atoms with van der Waals surface area (Å²) in [5, 5.41) is 45.1. The van der Waals surface area contributed by atoms with E-state index in [-0.39, 0.29) is 25.8 Å². The number of carboxylic acid groups (broad SMARTS) is 1. The molecule has 1 rings (SSSR count). The fourth-order valence-electron chi connectivity index (χ4n) is 3.68. The first-order chi connectivity index (χ1) is 17.2. The predicted octanol–water partition coefficient (Wildman–Crippen LogP) is -5.14. The Labute approximate surface area is 212 Å². The number of primary amides is 1. The van der Waals surface area contributed by atoms with Gasteiger partial charge in [0.05, 0.1) is 24.9 Å². The summed E-state index contributed by atoms with van der Waals surface area (Å²) in [6, 6.07) is -7.07. The minimum atomic E-state index is -1.61. The Kier molecular flexibility index (Phi) is 12.3. The maximum atomic E-state index is 13.0. The summed E-state index contributed by atoms with van der Waals surface area (Å²) in [7, 11) is 0. The molecule has 16 heteroatoms. The molecule has 0 aromatic heterocycles. The van der Waals surface area contributed by atoms with Crippen LogP contribution in [0.3, 0.4) is 0 Å². The second kappa shape index (κ2) is 14.4. The second-order valence-electron chi connectivity index (χ2n) is 8.84. The molecule has 0 aromatic rings. The lowest BCUT2D eigenvalue weighted by Gasteiger charge is -2.30. The third-order valence-corrected chi connectivity index (χ3v) is 5.78. The van der Waals surface area contributed by atoms with E-state index >= 15 is 0 Å². The van der Waals surface area contributed by atoms with Crippen LogP contribution in [-0.4, -0.2) is 116 Å². The van der Waals surface area contributed by atoms with Crippen LogP contribution < -0.4 is 27.4 Å². The number of nitrogens with zero attached hydrogens (tertiary/aromatic N) is 1. The van der Waals surface area contributed by atoms with Crippen LogP contribution in [0.25, 0.3) is 0 Å².